The summed E-state index contributed by atoms with van der Waals surface area (Å²) in [6.07, 6.45) is 1.19. The second-order valence-electron chi connectivity index (χ2n) is 4.71. The molecule has 2 N–H and O–H groups in total. The minimum atomic E-state index is -0.501. The summed E-state index contributed by atoms with van der Waals surface area (Å²) >= 11 is 0. The van der Waals surface area contributed by atoms with Crippen molar-refractivity contribution in [2.24, 2.45) is 0 Å². The van der Waals surface area contributed by atoms with Crippen molar-refractivity contribution >= 4 is 17.4 Å². The Hall–Kier alpha value is -2.96. The van der Waals surface area contributed by atoms with Crippen molar-refractivity contribution in [3.63, 3.8) is 0 Å². The second-order valence-corrected chi connectivity index (χ2v) is 4.71. The Morgan fingerprint density at radius 3 is 2.50 bits per heavy atom. The highest BCUT2D eigenvalue weighted by Gasteiger charge is 2.06. The summed E-state index contributed by atoms with van der Waals surface area (Å²) in [5.74, 6) is 0.383. The average Bonchev–Trinajstić information content (AvgIpc) is 2.52. The van der Waals surface area contributed by atoms with Gasteiger partial charge < -0.3 is 10.6 Å². The number of pyridine rings is 1. The van der Waals surface area contributed by atoms with E-state index >= 15 is 0 Å². The standard InChI is InChI=1S/C15H16N4O3/c1-11-2-4-12(5-3-11)15(20)17-9-8-16-14-7-6-13(10-18-14)19(21)22/h2-7,10H,8-9H2,1H3,(H,16,18)(H,17,20). The number of aromatic nitrogens is 1. The van der Waals surface area contributed by atoms with Crippen molar-refractivity contribution in [2.45, 2.75) is 6.92 Å². The highest BCUT2D eigenvalue weighted by atomic mass is 16.6. The monoisotopic (exact) mass is 300 g/mol. The van der Waals surface area contributed by atoms with Gasteiger partial charge in [0.15, 0.2) is 0 Å². The highest BCUT2D eigenvalue weighted by Crippen LogP contribution is 2.11. The van der Waals surface area contributed by atoms with Crippen molar-refractivity contribution in [3.05, 3.63) is 63.8 Å². The molecule has 1 heterocycles. The van der Waals surface area contributed by atoms with Crippen molar-refractivity contribution < 1.29 is 9.72 Å². The number of benzene rings is 1. The lowest BCUT2D eigenvalue weighted by Gasteiger charge is -2.07. The number of rotatable bonds is 6. The predicted octanol–water partition coefficient (Wildman–Crippen LogP) is 2.14. The molecule has 0 unspecified atom stereocenters. The fourth-order valence-electron chi connectivity index (χ4n) is 1.77. The molecule has 0 saturated heterocycles. The Kier molecular flexibility index (Phi) is 5.02. The highest BCUT2D eigenvalue weighted by molar-refractivity contribution is 5.94. The quantitative estimate of drug-likeness (QED) is 0.484. The maximum absolute atomic E-state index is 11.9. The molecule has 0 radical (unpaired) electrons. The Balaban J connectivity index is 1.75. The summed E-state index contributed by atoms with van der Waals surface area (Å²) in [4.78, 5) is 25.8. The van der Waals surface area contributed by atoms with Crippen LogP contribution in [0.15, 0.2) is 42.6 Å². The van der Waals surface area contributed by atoms with E-state index in [0.29, 0.717) is 24.5 Å². The molecular formula is C15H16N4O3. The molecular weight excluding hydrogens is 284 g/mol. The summed E-state index contributed by atoms with van der Waals surface area (Å²) in [7, 11) is 0. The van der Waals surface area contributed by atoms with Crippen LogP contribution in [0, 0.1) is 17.0 Å². The van der Waals surface area contributed by atoms with Crippen LogP contribution in [0.2, 0.25) is 0 Å². The molecule has 2 aromatic rings. The van der Waals surface area contributed by atoms with Crippen LogP contribution in [0.4, 0.5) is 11.5 Å². The number of carbonyl (C=O) groups is 1. The van der Waals surface area contributed by atoms with E-state index in [1.807, 2.05) is 19.1 Å². The first-order chi connectivity index (χ1) is 10.6. The van der Waals surface area contributed by atoms with Crippen molar-refractivity contribution in [1.29, 1.82) is 0 Å². The lowest BCUT2D eigenvalue weighted by Crippen LogP contribution is -2.28. The Morgan fingerprint density at radius 2 is 1.91 bits per heavy atom. The molecule has 0 aliphatic heterocycles. The third-order valence-corrected chi connectivity index (χ3v) is 2.99. The van der Waals surface area contributed by atoms with Crippen LogP contribution in [0.25, 0.3) is 0 Å². The number of nitro groups is 1. The van der Waals surface area contributed by atoms with Crippen molar-refractivity contribution in [2.75, 3.05) is 18.4 Å². The minimum Gasteiger partial charge on any atom is -0.368 e. The number of anilines is 1. The van der Waals surface area contributed by atoms with Crippen LogP contribution in [-0.4, -0.2) is 28.9 Å². The molecule has 0 spiro atoms. The number of nitrogens with zero attached hydrogens (tertiary/aromatic N) is 2. The number of carbonyl (C=O) groups excluding carboxylic acids is 1. The maximum atomic E-state index is 11.9. The molecule has 1 aromatic heterocycles. The summed E-state index contributed by atoms with van der Waals surface area (Å²) in [5, 5.41) is 16.3. The summed E-state index contributed by atoms with van der Waals surface area (Å²) < 4.78 is 0. The molecule has 0 bridgehead atoms. The molecule has 1 amide bonds. The van der Waals surface area contributed by atoms with Gasteiger partial charge in [0.1, 0.15) is 12.0 Å². The SMILES string of the molecule is Cc1ccc(C(=O)NCCNc2ccc([N+](=O)[O-])cn2)cc1. The predicted molar refractivity (Wildman–Crippen MR) is 82.9 cm³/mol. The van der Waals surface area contributed by atoms with E-state index in [0.717, 1.165) is 5.56 Å². The van der Waals surface area contributed by atoms with Crippen LogP contribution in [0.1, 0.15) is 15.9 Å². The zero-order valence-electron chi connectivity index (χ0n) is 12.1. The molecule has 0 aliphatic carbocycles. The van der Waals surface area contributed by atoms with E-state index in [4.69, 9.17) is 0 Å². The smallest absolute Gasteiger partial charge is 0.287 e. The third kappa shape index (κ3) is 4.27. The van der Waals surface area contributed by atoms with Gasteiger partial charge in [0.2, 0.25) is 0 Å². The van der Waals surface area contributed by atoms with Gasteiger partial charge in [0, 0.05) is 24.7 Å². The molecule has 0 atom stereocenters. The molecule has 114 valence electrons. The van der Waals surface area contributed by atoms with E-state index in [-0.39, 0.29) is 11.6 Å². The fraction of sp³-hybridized carbons (Fsp3) is 0.200. The van der Waals surface area contributed by atoms with Crippen LogP contribution >= 0.6 is 0 Å². The van der Waals surface area contributed by atoms with Crippen LogP contribution in [0.3, 0.4) is 0 Å². The topological polar surface area (TPSA) is 97.2 Å². The van der Waals surface area contributed by atoms with E-state index in [9.17, 15) is 14.9 Å². The lowest BCUT2D eigenvalue weighted by molar-refractivity contribution is -0.385. The molecule has 7 nitrogen and oxygen atoms in total. The van der Waals surface area contributed by atoms with Gasteiger partial charge in [-0.3, -0.25) is 14.9 Å². The van der Waals surface area contributed by atoms with Crippen LogP contribution in [0.5, 0.6) is 0 Å². The van der Waals surface area contributed by atoms with Crippen LogP contribution < -0.4 is 10.6 Å². The minimum absolute atomic E-state index is 0.0572. The van der Waals surface area contributed by atoms with Gasteiger partial charge in [-0.05, 0) is 25.1 Å². The zero-order chi connectivity index (χ0) is 15.9. The first kappa shape index (κ1) is 15.4. The number of hydrogen-bond acceptors (Lipinski definition) is 5. The number of hydrogen-bond donors (Lipinski definition) is 2. The lowest BCUT2D eigenvalue weighted by atomic mass is 10.1. The summed E-state index contributed by atoms with van der Waals surface area (Å²) in [6.45, 7) is 2.86. The summed E-state index contributed by atoms with van der Waals surface area (Å²) in [5.41, 5.74) is 1.65. The van der Waals surface area contributed by atoms with Gasteiger partial charge in [-0.2, -0.15) is 0 Å². The molecule has 0 saturated carbocycles. The molecule has 22 heavy (non-hydrogen) atoms. The molecule has 7 heteroatoms. The molecule has 0 fully saturated rings. The number of nitrogens with one attached hydrogen (secondary N) is 2. The molecule has 2 rings (SSSR count). The Labute approximate surface area is 127 Å². The fourth-order valence-corrected chi connectivity index (χ4v) is 1.77. The van der Waals surface area contributed by atoms with E-state index < -0.39 is 4.92 Å². The van der Waals surface area contributed by atoms with Crippen molar-refractivity contribution in [3.8, 4) is 0 Å². The number of aryl methyl sites for hydroxylation is 1. The van der Waals surface area contributed by atoms with Gasteiger partial charge in [-0.1, -0.05) is 17.7 Å². The van der Waals surface area contributed by atoms with Gasteiger partial charge >= 0.3 is 0 Å². The maximum Gasteiger partial charge on any atom is 0.287 e. The Bertz CT molecular complexity index is 653. The second kappa shape index (κ2) is 7.16. The first-order valence-electron chi connectivity index (χ1n) is 6.75. The van der Waals surface area contributed by atoms with E-state index in [1.54, 1.807) is 12.1 Å². The van der Waals surface area contributed by atoms with Gasteiger partial charge in [0.25, 0.3) is 11.6 Å². The molecule has 1 aromatic carbocycles. The normalized spacial score (nSPS) is 10.0. The van der Waals surface area contributed by atoms with Gasteiger partial charge in [-0.15, -0.1) is 0 Å². The zero-order valence-corrected chi connectivity index (χ0v) is 12.1. The average molecular weight is 300 g/mol. The third-order valence-electron chi connectivity index (χ3n) is 2.99. The van der Waals surface area contributed by atoms with Crippen molar-refractivity contribution in [1.82, 2.24) is 10.3 Å². The number of amides is 1. The first-order valence-corrected chi connectivity index (χ1v) is 6.75. The largest absolute Gasteiger partial charge is 0.368 e. The van der Waals surface area contributed by atoms with Gasteiger partial charge in [-0.25, -0.2) is 4.98 Å². The van der Waals surface area contributed by atoms with E-state index in [1.165, 1.54) is 18.3 Å². The van der Waals surface area contributed by atoms with E-state index in [2.05, 4.69) is 15.6 Å². The van der Waals surface area contributed by atoms with Gasteiger partial charge in [0.05, 0.1) is 4.92 Å². The van der Waals surface area contributed by atoms with Crippen LogP contribution in [-0.2, 0) is 0 Å². The summed E-state index contributed by atoms with van der Waals surface area (Å²) in [6, 6.07) is 10.2. The molecule has 0 aliphatic rings. The Morgan fingerprint density at radius 1 is 1.18 bits per heavy atom.